The molecule has 0 atom stereocenters. The minimum absolute atomic E-state index is 0.0902. The monoisotopic (exact) mass is 457 g/mol. The molecule has 1 N–H and O–H groups in total. The highest BCUT2D eigenvalue weighted by molar-refractivity contribution is 7.89. The van der Waals surface area contributed by atoms with Gasteiger partial charge in [-0.3, -0.25) is 9.59 Å². The van der Waals surface area contributed by atoms with E-state index in [4.69, 9.17) is 4.74 Å². The van der Waals surface area contributed by atoms with Crippen LogP contribution in [0.1, 0.15) is 40.0 Å². The van der Waals surface area contributed by atoms with E-state index in [0.717, 1.165) is 32.4 Å². The molecular weight excluding hydrogens is 430 g/mol. The number of hydrogen-bond donors (Lipinski definition) is 1. The van der Waals surface area contributed by atoms with Gasteiger partial charge in [0.15, 0.2) is 0 Å². The van der Waals surface area contributed by atoms with E-state index in [0.29, 0.717) is 43.1 Å². The van der Waals surface area contributed by atoms with Crippen LogP contribution in [-0.4, -0.2) is 68.8 Å². The van der Waals surface area contributed by atoms with Gasteiger partial charge in [-0.2, -0.15) is 4.31 Å². The lowest BCUT2D eigenvalue weighted by molar-refractivity contribution is 0.0725. The highest BCUT2D eigenvalue weighted by atomic mass is 32.2. The van der Waals surface area contributed by atoms with Gasteiger partial charge >= 0.3 is 0 Å². The molecule has 0 aliphatic carbocycles. The quantitative estimate of drug-likeness (QED) is 0.745. The fraction of sp³-hybridized carbons (Fsp3) is 0.391. The second-order valence-electron chi connectivity index (χ2n) is 7.89. The van der Waals surface area contributed by atoms with Crippen molar-refractivity contribution >= 4 is 27.5 Å². The van der Waals surface area contributed by atoms with E-state index in [9.17, 15) is 18.0 Å². The molecule has 0 radical (unpaired) electrons. The molecule has 170 valence electrons. The van der Waals surface area contributed by atoms with E-state index >= 15 is 0 Å². The number of nitrogens with zero attached hydrogens (tertiary/aromatic N) is 2. The maximum atomic E-state index is 12.9. The first-order chi connectivity index (χ1) is 15.5. The molecule has 2 aliphatic heterocycles. The molecule has 2 fully saturated rings. The van der Waals surface area contributed by atoms with Crippen LogP contribution in [0.4, 0.5) is 5.69 Å². The number of benzene rings is 2. The predicted molar refractivity (Wildman–Crippen MR) is 120 cm³/mol. The molecule has 2 aliphatic rings. The van der Waals surface area contributed by atoms with Crippen molar-refractivity contribution in [1.82, 2.24) is 9.21 Å². The summed E-state index contributed by atoms with van der Waals surface area (Å²) in [5.74, 6) is -0.494. The number of amides is 2. The van der Waals surface area contributed by atoms with Gasteiger partial charge in [-0.1, -0.05) is 12.1 Å². The Hall–Kier alpha value is -2.75. The standard InChI is InChI=1S/C23H27N3O5S/c27-22(18-8-10-19(11-9-18)32(29,30)26-14-16-31-17-15-26)24-21-7-3-2-6-20(21)23(28)25-12-4-1-5-13-25/h2-3,6-11H,1,4-5,12-17H2,(H,24,27). The van der Waals surface area contributed by atoms with Crippen LogP contribution in [0.2, 0.25) is 0 Å². The smallest absolute Gasteiger partial charge is 0.255 e. The SMILES string of the molecule is O=C(Nc1ccccc1C(=O)N1CCCCC1)c1ccc(S(=O)(=O)N2CCOCC2)cc1. The molecule has 0 unspecified atom stereocenters. The van der Waals surface area contributed by atoms with Crippen LogP contribution in [0.15, 0.2) is 53.4 Å². The zero-order valence-electron chi connectivity index (χ0n) is 17.8. The number of hydrogen-bond acceptors (Lipinski definition) is 5. The van der Waals surface area contributed by atoms with Gasteiger partial charge in [-0.15, -0.1) is 0 Å². The molecule has 2 saturated heterocycles. The van der Waals surface area contributed by atoms with Crippen LogP contribution in [0.5, 0.6) is 0 Å². The molecule has 0 aromatic heterocycles. The maximum Gasteiger partial charge on any atom is 0.255 e. The Kier molecular flexibility index (Phi) is 6.88. The first-order valence-electron chi connectivity index (χ1n) is 10.8. The zero-order chi connectivity index (χ0) is 22.6. The Bertz CT molecular complexity index is 1070. The predicted octanol–water partition coefficient (Wildman–Crippen LogP) is 2.59. The Labute approximate surface area is 188 Å². The number of para-hydroxylation sites is 1. The summed E-state index contributed by atoms with van der Waals surface area (Å²) in [4.78, 5) is 27.7. The minimum atomic E-state index is -3.62. The zero-order valence-corrected chi connectivity index (χ0v) is 18.6. The van der Waals surface area contributed by atoms with Gasteiger partial charge in [-0.05, 0) is 55.7 Å². The van der Waals surface area contributed by atoms with Gasteiger partial charge in [-0.25, -0.2) is 8.42 Å². The average Bonchev–Trinajstić information content (AvgIpc) is 2.85. The summed E-state index contributed by atoms with van der Waals surface area (Å²) in [7, 11) is -3.62. The number of likely N-dealkylation sites (tertiary alicyclic amines) is 1. The van der Waals surface area contributed by atoms with Gasteiger partial charge < -0.3 is 15.0 Å². The summed E-state index contributed by atoms with van der Waals surface area (Å²) in [6.07, 6.45) is 3.10. The van der Waals surface area contributed by atoms with Gasteiger partial charge in [0.25, 0.3) is 11.8 Å². The lowest BCUT2D eigenvalue weighted by atomic mass is 10.1. The number of rotatable bonds is 5. The molecule has 8 nitrogen and oxygen atoms in total. The lowest BCUT2D eigenvalue weighted by Crippen LogP contribution is -2.40. The number of carbonyl (C=O) groups is 2. The Morgan fingerprint density at radius 1 is 0.844 bits per heavy atom. The molecular formula is C23H27N3O5S. The Morgan fingerprint density at radius 3 is 2.19 bits per heavy atom. The van der Waals surface area contributed by atoms with Gasteiger partial charge in [0.05, 0.1) is 29.4 Å². The van der Waals surface area contributed by atoms with E-state index in [1.165, 1.54) is 28.6 Å². The first-order valence-corrected chi connectivity index (χ1v) is 12.3. The number of nitrogens with one attached hydrogen (secondary N) is 1. The lowest BCUT2D eigenvalue weighted by Gasteiger charge is -2.27. The fourth-order valence-corrected chi connectivity index (χ4v) is 5.36. The summed E-state index contributed by atoms with van der Waals surface area (Å²) in [5, 5.41) is 2.81. The number of sulfonamides is 1. The topological polar surface area (TPSA) is 96.0 Å². The van der Waals surface area contributed by atoms with Crippen molar-refractivity contribution in [3.8, 4) is 0 Å². The third-order valence-corrected chi connectivity index (χ3v) is 7.69. The molecule has 2 amide bonds. The third-order valence-electron chi connectivity index (χ3n) is 5.77. The van der Waals surface area contributed by atoms with E-state index in [1.807, 2.05) is 4.90 Å². The second-order valence-corrected chi connectivity index (χ2v) is 9.83. The highest BCUT2D eigenvalue weighted by Crippen LogP contribution is 2.22. The third kappa shape index (κ3) is 4.85. The van der Waals surface area contributed by atoms with Crippen molar-refractivity contribution in [2.75, 3.05) is 44.7 Å². The summed E-state index contributed by atoms with van der Waals surface area (Å²) in [6.45, 7) is 2.81. The molecule has 2 heterocycles. The highest BCUT2D eigenvalue weighted by Gasteiger charge is 2.26. The summed E-state index contributed by atoms with van der Waals surface area (Å²) in [6, 6.07) is 12.8. The number of anilines is 1. The minimum Gasteiger partial charge on any atom is -0.379 e. The van der Waals surface area contributed by atoms with Crippen molar-refractivity contribution < 1.29 is 22.7 Å². The molecule has 32 heavy (non-hydrogen) atoms. The van der Waals surface area contributed by atoms with Gasteiger partial charge in [0, 0.05) is 31.7 Å². The first kappa shape index (κ1) is 22.4. The van der Waals surface area contributed by atoms with E-state index in [2.05, 4.69) is 5.32 Å². The van der Waals surface area contributed by atoms with Crippen molar-refractivity contribution in [3.05, 3.63) is 59.7 Å². The number of piperidine rings is 1. The van der Waals surface area contributed by atoms with Crippen LogP contribution in [0, 0.1) is 0 Å². The average molecular weight is 458 g/mol. The van der Waals surface area contributed by atoms with Crippen LogP contribution in [0.25, 0.3) is 0 Å². The molecule has 2 aromatic rings. The number of carbonyl (C=O) groups excluding carboxylic acids is 2. The number of ether oxygens (including phenoxy) is 1. The maximum absolute atomic E-state index is 12.9. The summed E-state index contributed by atoms with van der Waals surface area (Å²) >= 11 is 0. The van der Waals surface area contributed by atoms with Gasteiger partial charge in [0.1, 0.15) is 0 Å². The van der Waals surface area contributed by atoms with Crippen molar-refractivity contribution in [3.63, 3.8) is 0 Å². The molecule has 4 rings (SSSR count). The second kappa shape index (κ2) is 9.81. The fourth-order valence-electron chi connectivity index (χ4n) is 3.95. The van der Waals surface area contributed by atoms with E-state index in [1.54, 1.807) is 24.3 Å². The molecule has 0 spiro atoms. The van der Waals surface area contributed by atoms with Crippen molar-refractivity contribution in [2.45, 2.75) is 24.2 Å². The summed E-state index contributed by atoms with van der Waals surface area (Å²) in [5.41, 5.74) is 1.21. The van der Waals surface area contributed by atoms with Crippen molar-refractivity contribution in [1.29, 1.82) is 0 Å². The summed E-state index contributed by atoms with van der Waals surface area (Å²) < 4.78 is 32.1. The molecule has 0 saturated carbocycles. The largest absolute Gasteiger partial charge is 0.379 e. The van der Waals surface area contributed by atoms with Crippen LogP contribution < -0.4 is 5.32 Å². The van der Waals surface area contributed by atoms with E-state index in [-0.39, 0.29) is 10.8 Å². The number of morpholine rings is 1. The van der Waals surface area contributed by atoms with Crippen molar-refractivity contribution in [2.24, 2.45) is 0 Å². The van der Waals surface area contributed by atoms with Gasteiger partial charge in [0.2, 0.25) is 10.0 Å². The van der Waals surface area contributed by atoms with Crippen LogP contribution in [0.3, 0.4) is 0 Å². The molecule has 0 bridgehead atoms. The van der Waals surface area contributed by atoms with E-state index < -0.39 is 15.9 Å². The Morgan fingerprint density at radius 2 is 1.50 bits per heavy atom. The van der Waals surface area contributed by atoms with Crippen LogP contribution >= 0.6 is 0 Å². The van der Waals surface area contributed by atoms with Crippen LogP contribution in [-0.2, 0) is 14.8 Å². The molecule has 2 aromatic carbocycles. The Balaban J connectivity index is 1.48. The normalized spacial score (nSPS) is 17.7. The molecule has 9 heteroatoms.